The Labute approximate surface area is 233 Å². The van der Waals surface area contributed by atoms with E-state index in [0.717, 1.165) is 47.3 Å². The van der Waals surface area contributed by atoms with Crippen LogP contribution in [0.2, 0.25) is 0 Å². The molecule has 7 nitrogen and oxygen atoms in total. The molecule has 3 aromatic rings. The third kappa shape index (κ3) is 5.95. The van der Waals surface area contributed by atoms with E-state index in [4.69, 9.17) is 4.74 Å². The SMILES string of the molecule is CCC[C@@H]1CN(Cc2cc(C(CC(=O)O)c3ccc(C(=O)C4CC4)s3)ccc2C)S(=O)(=O)c2ccccc2O1. The number of hydrogen-bond acceptors (Lipinski definition) is 6. The number of ether oxygens (including phenoxy) is 1. The number of ketones is 1. The van der Waals surface area contributed by atoms with Crippen LogP contribution in [0.5, 0.6) is 5.75 Å². The molecule has 2 aromatic carbocycles. The highest BCUT2D eigenvalue weighted by molar-refractivity contribution is 7.89. The average Bonchev–Trinajstić information content (AvgIpc) is 3.65. The maximum Gasteiger partial charge on any atom is 0.304 e. The predicted molar refractivity (Wildman–Crippen MR) is 150 cm³/mol. The fraction of sp³-hybridized carbons (Fsp3) is 0.400. The number of carbonyl (C=O) groups is 2. The van der Waals surface area contributed by atoms with Gasteiger partial charge in [-0.25, -0.2) is 8.42 Å². The third-order valence-electron chi connectivity index (χ3n) is 7.44. The van der Waals surface area contributed by atoms with Gasteiger partial charge in [0, 0.05) is 23.3 Å². The monoisotopic (exact) mass is 567 g/mol. The zero-order valence-electron chi connectivity index (χ0n) is 22.1. The summed E-state index contributed by atoms with van der Waals surface area (Å²) in [4.78, 5) is 26.1. The molecule has 2 aliphatic rings. The maximum atomic E-state index is 13.7. The Bertz CT molecular complexity index is 1490. The number of benzene rings is 2. The number of rotatable bonds is 10. The summed E-state index contributed by atoms with van der Waals surface area (Å²) in [5.74, 6) is -0.760. The lowest BCUT2D eigenvalue weighted by Crippen LogP contribution is -2.36. The van der Waals surface area contributed by atoms with Crippen molar-refractivity contribution in [3.05, 3.63) is 81.0 Å². The van der Waals surface area contributed by atoms with Gasteiger partial charge < -0.3 is 9.84 Å². The Morgan fingerprint density at radius 3 is 2.62 bits per heavy atom. The minimum Gasteiger partial charge on any atom is -0.488 e. The lowest BCUT2D eigenvalue weighted by atomic mass is 9.91. The predicted octanol–water partition coefficient (Wildman–Crippen LogP) is 6.01. The molecular weight excluding hydrogens is 534 g/mol. The van der Waals surface area contributed by atoms with Crippen LogP contribution in [-0.2, 0) is 21.4 Å². The summed E-state index contributed by atoms with van der Waals surface area (Å²) in [5, 5.41) is 9.71. The Morgan fingerprint density at radius 2 is 1.90 bits per heavy atom. The fourth-order valence-corrected chi connectivity index (χ4v) is 7.83. The number of fused-ring (bicyclic) bond motifs is 1. The molecule has 1 aliphatic heterocycles. The van der Waals surface area contributed by atoms with Crippen LogP contribution in [-0.4, -0.2) is 42.2 Å². The van der Waals surface area contributed by atoms with Crippen molar-refractivity contribution in [1.29, 1.82) is 0 Å². The van der Waals surface area contributed by atoms with Crippen molar-refractivity contribution in [1.82, 2.24) is 4.31 Å². The highest BCUT2D eigenvalue weighted by Crippen LogP contribution is 2.39. The van der Waals surface area contributed by atoms with Gasteiger partial charge in [0.1, 0.15) is 16.7 Å². The van der Waals surface area contributed by atoms with Crippen molar-refractivity contribution in [3.8, 4) is 5.75 Å². The van der Waals surface area contributed by atoms with Crippen LogP contribution >= 0.6 is 11.3 Å². The lowest BCUT2D eigenvalue weighted by molar-refractivity contribution is -0.137. The first-order valence-corrected chi connectivity index (χ1v) is 15.6. The van der Waals surface area contributed by atoms with Crippen LogP contribution in [0, 0.1) is 12.8 Å². The highest BCUT2D eigenvalue weighted by atomic mass is 32.2. The number of aliphatic carboxylic acids is 1. The van der Waals surface area contributed by atoms with Crippen molar-refractivity contribution < 1.29 is 27.9 Å². The summed E-state index contributed by atoms with van der Waals surface area (Å²) in [6.07, 6.45) is 3.02. The first-order chi connectivity index (χ1) is 18.7. The number of carboxylic acids is 1. The lowest BCUT2D eigenvalue weighted by Gasteiger charge is -2.24. The van der Waals surface area contributed by atoms with Gasteiger partial charge >= 0.3 is 5.97 Å². The molecule has 39 heavy (non-hydrogen) atoms. The van der Waals surface area contributed by atoms with Crippen LogP contribution in [0.4, 0.5) is 0 Å². The summed E-state index contributed by atoms with van der Waals surface area (Å²) in [7, 11) is -3.82. The first kappa shape index (κ1) is 27.6. The Morgan fingerprint density at radius 1 is 1.13 bits per heavy atom. The largest absolute Gasteiger partial charge is 0.488 e. The minimum absolute atomic E-state index is 0.0987. The topological polar surface area (TPSA) is 101 Å². The number of Topliss-reactive ketones (excluding diaryl/α,β-unsaturated/α-hetero) is 1. The molecule has 0 saturated heterocycles. The number of para-hydroxylation sites is 1. The summed E-state index contributed by atoms with van der Waals surface area (Å²) < 4.78 is 35.1. The molecule has 1 unspecified atom stereocenters. The maximum absolute atomic E-state index is 13.7. The summed E-state index contributed by atoms with van der Waals surface area (Å²) in [6, 6.07) is 16.2. The second-order valence-electron chi connectivity index (χ2n) is 10.4. The minimum atomic E-state index is -3.82. The Balaban J connectivity index is 1.48. The van der Waals surface area contributed by atoms with E-state index in [1.54, 1.807) is 30.3 Å². The molecule has 0 bridgehead atoms. The normalized spacial score (nSPS) is 19.5. The van der Waals surface area contributed by atoms with Crippen LogP contribution in [0.25, 0.3) is 0 Å². The van der Waals surface area contributed by atoms with E-state index in [0.29, 0.717) is 10.6 Å². The van der Waals surface area contributed by atoms with Crippen molar-refractivity contribution in [2.75, 3.05) is 6.54 Å². The zero-order valence-corrected chi connectivity index (χ0v) is 23.8. The Hall–Kier alpha value is -3.01. The van der Waals surface area contributed by atoms with Gasteiger partial charge in [-0.15, -0.1) is 11.3 Å². The number of nitrogens with zero attached hydrogens (tertiary/aromatic N) is 1. The molecule has 2 atom stereocenters. The van der Waals surface area contributed by atoms with Gasteiger partial charge in [0.2, 0.25) is 10.0 Å². The zero-order chi connectivity index (χ0) is 27.7. The van der Waals surface area contributed by atoms with Gasteiger partial charge in [-0.1, -0.05) is 43.7 Å². The van der Waals surface area contributed by atoms with E-state index in [2.05, 4.69) is 0 Å². The van der Waals surface area contributed by atoms with Gasteiger partial charge in [0.25, 0.3) is 0 Å². The number of hydrogen-bond donors (Lipinski definition) is 1. The van der Waals surface area contributed by atoms with E-state index < -0.39 is 21.9 Å². The molecule has 9 heteroatoms. The average molecular weight is 568 g/mol. The quantitative estimate of drug-likeness (QED) is 0.301. The highest BCUT2D eigenvalue weighted by Gasteiger charge is 2.35. The molecule has 1 aliphatic carbocycles. The summed E-state index contributed by atoms with van der Waals surface area (Å²) in [5.41, 5.74) is 2.52. The molecule has 1 aromatic heterocycles. The number of carboxylic acid groups (broad SMARTS) is 1. The molecule has 0 radical (unpaired) electrons. The fourth-order valence-electron chi connectivity index (χ4n) is 5.11. The van der Waals surface area contributed by atoms with Gasteiger partial charge in [-0.05, 0) is 67.1 Å². The molecule has 1 fully saturated rings. The van der Waals surface area contributed by atoms with E-state index in [-0.39, 0.29) is 42.2 Å². The molecule has 0 amide bonds. The van der Waals surface area contributed by atoms with Gasteiger partial charge in [-0.2, -0.15) is 4.31 Å². The van der Waals surface area contributed by atoms with Crippen molar-refractivity contribution in [2.24, 2.45) is 5.92 Å². The summed E-state index contributed by atoms with van der Waals surface area (Å²) in [6.45, 7) is 4.35. The molecule has 1 saturated carbocycles. The number of thiophene rings is 1. The second-order valence-corrected chi connectivity index (χ2v) is 13.5. The van der Waals surface area contributed by atoms with Crippen LogP contribution < -0.4 is 4.74 Å². The third-order valence-corrected chi connectivity index (χ3v) is 10.5. The smallest absolute Gasteiger partial charge is 0.304 e. The molecule has 206 valence electrons. The first-order valence-electron chi connectivity index (χ1n) is 13.4. The van der Waals surface area contributed by atoms with Crippen molar-refractivity contribution in [3.63, 3.8) is 0 Å². The molecule has 0 spiro atoms. The number of carbonyl (C=O) groups excluding carboxylic acids is 1. The van der Waals surface area contributed by atoms with Crippen LogP contribution in [0.15, 0.2) is 59.5 Å². The van der Waals surface area contributed by atoms with Gasteiger partial charge in [0.05, 0.1) is 17.8 Å². The number of aryl methyl sites for hydroxylation is 1. The van der Waals surface area contributed by atoms with Gasteiger partial charge in [-0.3, -0.25) is 9.59 Å². The Kier molecular flexibility index (Phi) is 7.94. The van der Waals surface area contributed by atoms with Gasteiger partial charge in [0.15, 0.2) is 5.78 Å². The van der Waals surface area contributed by atoms with E-state index in [1.165, 1.54) is 15.6 Å². The molecule has 5 rings (SSSR count). The molecule has 1 N–H and O–H groups in total. The van der Waals surface area contributed by atoms with Crippen LogP contribution in [0.1, 0.15) is 76.2 Å². The second kappa shape index (κ2) is 11.2. The van der Waals surface area contributed by atoms with Crippen LogP contribution in [0.3, 0.4) is 0 Å². The number of sulfonamides is 1. The molecule has 2 heterocycles. The molecular formula is C30H33NO6S2. The van der Waals surface area contributed by atoms with E-state index in [9.17, 15) is 23.1 Å². The van der Waals surface area contributed by atoms with E-state index >= 15 is 0 Å². The van der Waals surface area contributed by atoms with E-state index in [1.807, 2.05) is 38.1 Å². The standard InChI is InChI=1S/C30H33NO6S2/c1-3-6-23-18-31(39(35,36)28-8-5-4-7-25(28)37-23)17-22-15-21(10-9-19(22)2)24(16-29(32)33)26-13-14-27(38-26)30(34)20-11-12-20/h4-5,7-10,13-15,20,23-24H,3,6,11-12,16-18H2,1-2H3,(H,32,33)/t23-,24?/m1/s1. The van der Waals surface area contributed by atoms with Crippen molar-refractivity contribution in [2.45, 2.75) is 69.4 Å². The van der Waals surface area contributed by atoms with Crippen molar-refractivity contribution >= 4 is 33.1 Å². The summed E-state index contributed by atoms with van der Waals surface area (Å²) >= 11 is 1.36.